The lowest BCUT2D eigenvalue weighted by molar-refractivity contribution is 0.0547. The molecule has 0 atom stereocenters. The highest BCUT2D eigenvalue weighted by Crippen LogP contribution is 2.06. The monoisotopic (exact) mass is 181 g/mol. The van der Waals surface area contributed by atoms with Crippen molar-refractivity contribution in [1.29, 1.82) is 0 Å². The molecule has 1 fully saturated rings. The van der Waals surface area contributed by atoms with Gasteiger partial charge in [0.2, 0.25) is 0 Å². The van der Waals surface area contributed by atoms with Gasteiger partial charge in [-0.1, -0.05) is 25.7 Å². The summed E-state index contributed by atoms with van der Waals surface area (Å²) in [4.78, 5) is 0. The minimum atomic E-state index is 0.433. The zero-order chi connectivity index (χ0) is 9.52. The zero-order valence-electron chi connectivity index (χ0n) is 8.60. The van der Waals surface area contributed by atoms with Gasteiger partial charge in [-0.3, -0.25) is 0 Å². The first kappa shape index (κ1) is 10.6. The normalized spacial score (nSPS) is 18.4. The fraction of sp³-hybridized carbons (Fsp3) is 0.818. The highest BCUT2D eigenvalue weighted by Gasteiger charge is 2.11. The summed E-state index contributed by atoms with van der Waals surface area (Å²) in [6, 6.07) is 0. The average molecular weight is 181 g/mol. The first-order chi connectivity index (χ1) is 6.29. The van der Waals surface area contributed by atoms with Gasteiger partial charge in [0.05, 0.1) is 6.10 Å². The highest BCUT2D eigenvalue weighted by molar-refractivity contribution is 5.01. The summed E-state index contributed by atoms with van der Waals surface area (Å²) < 4.78 is 5.62. The van der Waals surface area contributed by atoms with E-state index < -0.39 is 0 Å². The van der Waals surface area contributed by atoms with Gasteiger partial charge in [0.25, 0.3) is 0 Å². The second-order valence-corrected chi connectivity index (χ2v) is 3.74. The van der Waals surface area contributed by atoms with E-state index in [0.29, 0.717) is 18.6 Å². The van der Waals surface area contributed by atoms with Crippen molar-refractivity contribution in [3.63, 3.8) is 0 Å². The van der Waals surface area contributed by atoms with Crippen LogP contribution in [-0.2, 0) is 4.74 Å². The Balaban J connectivity index is 2.08. The molecule has 1 aliphatic rings. The molecule has 0 radical (unpaired) electrons. The Labute approximate surface area is 81.0 Å². The molecule has 0 aromatic rings. The van der Waals surface area contributed by atoms with E-state index >= 15 is 0 Å². The SMILES string of the molecule is CC(C)C#CCOC1CCNCC1. The molecule has 1 saturated heterocycles. The molecule has 1 rings (SSSR count). The molecule has 74 valence electrons. The average Bonchev–Trinajstić information content (AvgIpc) is 2.14. The number of hydrogen-bond acceptors (Lipinski definition) is 2. The maximum absolute atomic E-state index is 5.62. The Morgan fingerprint density at radius 3 is 2.69 bits per heavy atom. The third-order valence-electron chi connectivity index (χ3n) is 2.07. The molecule has 1 aliphatic heterocycles. The van der Waals surface area contributed by atoms with Gasteiger partial charge in [0.15, 0.2) is 0 Å². The van der Waals surface area contributed by atoms with E-state index in [1.165, 1.54) is 0 Å². The van der Waals surface area contributed by atoms with Crippen LogP contribution in [0.25, 0.3) is 0 Å². The van der Waals surface area contributed by atoms with Crippen LogP contribution in [0, 0.1) is 17.8 Å². The summed E-state index contributed by atoms with van der Waals surface area (Å²) in [5.41, 5.74) is 0. The second kappa shape index (κ2) is 6.01. The standard InChI is InChI=1S/C11H19NO/c1-10(2)4-3-9-13-11-5-7-12-8-6-11/h10-12H,5-9H2,1-2H3. The quantitative estimate of drug-likeness (QED) is 0.650. The first-order valence-corrected chi connectivity index (χ1v) is 5.09. The van der Waals surface area contributed by atoms with Gasteiger partial charge in [0.1, 0.15) is 6.61 Å². The smallest absolute Gasteiger partial charge is 0.108 e. The highest BCUT2D eigenvalue weighted by atomic mass is 16.5. The Kier molecular flexibility index (Phi) is 4.88. The molecule has 0 aromatic carbocycles. The Hall–Kier alpha value is -0.520. The van der Waals surface area contributed by atoms with Crippen LogP contribution in [0.1, 0.15) is 26.7 Å². The Morgan fingerprint density at radius 1 is 1.38 bits per heavy atom. The molecule has 0 amide bonds. The molecule has 0 bridgehead atoms. The lowest BCUT2D eigenvalue weighted by Crippen LogP contribution is -2.32. The Morgan fingerprint density at radius 2 is 2.08 bits per heavy atom. The van der Waals surface area contributed by atoms with Crippen molar-refractivity contribution in [3.05, 3.63) is 0 Å². The minimum Gasteiger partial charge on any atom is -0.365 e. The van der Waals surface area contributed by atoms with Crippen molar-refractivity contribution in [2.24, 2.45) is 5.92 Å². The number of nitrogens with one attached hydrogen (secondary N) is 1. The minimum absolute atomic E-state index is 0.433. The van der Waals surface area contributed by atoms with Gasteiger partial charge in [0, 0.05) is 5.92 Å². The molecule has 0 aliphatic carbocycles. The predicted octanol–water partition coefficient (Wildman–Crippen LogP) is 1.41. The van der Waals surface area contributed by atoms with Gasteiger partial charge < -0.3 is 10.1 Å². The van der Waals surface area contributed by atoms with Crippen LogP contribution in [-0.4, -0.2) is 25.8 Å². The van der Waals surface area contributed by atoms with Gasteiger partial charge in [-0.05, 0) is 25.9 Å². The molecular formula is C11H19NO. The fourth-order valence-corrected chi connectivity index (χ4v) is 1.37. The van der Waals surface area contributed by atoms with E-state index in [2.05, 4.69) is 31.0 Å². The molecule has 2 nitrogen and oxygen atoms in total. The molecule has 0 unspecified atom stereocenters. The summed E-state index contributed by atoms with van der Waals surface area (Å²) in [5, 5.41) is 3.31. The van der Waals surface area contributed by atoms with E-state index in [-0.39, 0.29) is 0 Å². The van der Waals surface area contributed by atoms with Crippen LogP contribution >= 0.6 is 0 Å². The summed E-state index contributed by atoms with van der Waals surface area (Å²) >= 11 is 0. The lowest BCUT2D eigenvalue weighted by Gasteiger charge is -2.21. The van der Waals surface area contributed by atoms with Crippen molar-refractivity contribution < 1.29 is 4.74 Å². The summed E-state index contributed by atoms with van der Waals surface area (Å²) in [5.74, 6) is 6.59. The molecule has 1 heterocycles. The fourth-order valence-electron chi connectivity index (χ4n) is 1.37. The van der Waals surface area contributed by atoms with E-state index in [1.54, 1.807) is 0 Å². The number of hydrogen-bond donors (Lipinski definition) is 1. The zero-order valence-corrected chi connectivity index (χ0v) is 8.60. The first-order valence-electron chi connectivity index (χ1n) is 5.09. The summed E-state index contributed by atoms with van der Waals surface area (Å²) in [6.07, 6.45) is 2.69. The topological polar surface area (TPSA) is 21.3 Å². The third-order valence-corrected chi connectivity index (χ3v) is 2.07. The lowest BCUT2D eigenvalue weighted by atomic mass is 10.1. The van der Waals surface area contributed by atoms with E-state index in [9.17, 15) is 0 Å². The van der Waals surface area contributed by atoms with Crippen molar-refractivity contribution in [3.8, 4) is 11.8 Å². The van der Waals surface area contributed by atoms with E-state index in [4.69, 9.17) is 4.74 Å². The van der Waals surface area contributed by atoms with E-state index in [1.807, 2.05) is 0 Å². The van der Waals surface area contributed by atoms with Gasteiger partial charge in [-0.15, -0.1) is 0 Å². The van der Waals surface area contributed by atoms with Gasteiger partial charge in [-0.25, -0.2) is 0 Å². The van der Waals surface area contributed by atoms with Crippen LogP contribution in [0.5, 0.6) is 0 Å². The maximum Gasteiger partial charge on any atom is 0.108 e. The second-order valence-electron chi connectivity index (χ2n) is 3.74. The maximum atomic E-state index is 5.62. The molecule has 13 heavy (non-hydrogen) atoms. The van der Waals surface area contributed by atoms with Crippen molar-refractivity contribution in [2.75, 3.05) is 19.7 Å². The van der Waals surface area contributed by atoms with Gasteiger partial charge in [-0.2, -0.15) is 0 Å². The van der Waals surface area contributed by atoms with Crippen LogP contribution < -0.4 is 5.32 Å². The summed E-state index contributed by atoms with van der Waals surface area (Å²) in [6.45, 7) is 6.96. The molecule has 0 saturated carbocycles. The largest absolute Gasteiger partial charge is 0.365 e. The van der Waals surface area contributed by atoms with Crippen LogP contribution in [0.3, 0.4) is 0 Å². The predicted molar refractivity (Wildman–Crippen MR) is 54.5 cm³/mol. The van der Waals surface area contributed by atoms with Crippen molar-refractivity contribution in [2.45, 2.75) is 32.8 Å². The third kappa shape index (κ3) is 4.92. The molecule has 1 N–H and O–H groups in total. The Bertz CT molecular complexity index is 184. The van der Waals surface area contributed by atoms with E-state index in [0.717, 1.165) is 25.9 Å². The van der Waals surface area contributed by atoms with Crippen LogP contribution in [0.4, 0.5) is 0 Å². The van der Waals surface area contributed by atoms with Crippen molar-refractivity contribution in [1.82, 2.24) is 5.32 Å². The van der Waals surface area contributed by atoms with Crippen LogP contribution in [0.15, 0.2) is 0 Å². The molecule has 0 spiro atoms. The summed E-state index contributed by atoms with van der Waals surface area (Å²) in [7, 11) is 0. The number of piperidine rings is 1. The number of rotatable bonds is 2. The van der Waals surface area contributed by atoms with Crippen molar-refractivity contribution >= 4 is 0 Å². The van der Waals surface area contributed by atoms with Gasteiger partial charge >= 0.3 is 0 Å². The molecule has 0 aromatic heterocycles. The van der Waals surface area contributed by atoms with Crippen LogP contribution in [0.2, 0.25) is 0 Å². The molecule has 2 heteroatoms. The number of ether oxygens (including phenoxy) is 1. The molecular weight excluding hydrogens is 162 g/mol.